The second-order valence-corrected chi connectivity index (χ2v) is 5.80. The average molecular weight is 451 g/mol. The predicted molar refractivity (Wildman–Crippen MR) is 105 cm³/mol. The molecule has 0 radical (unpaired) electrons. The Kier molecular flexibility index (Phi) is 9.35. The van der Waals surface area contributed by atoms with E-state index in [9.17, 15) is 9.50 Å². The Bertz CT molecular complexity index is 505. The third kappa shape index (κ3) is 6.80. The van der Waals surface area contributed by atoms with Crippen molar-refractivity contribution in [2.75, 3.05) is 26.2 Å². The summed E-state index contributed by atoms with van der Waals surface area (Å²) in [6, 6.07) is 6.00. The molecule has 1 fully saturated rings. The molecular weight excluding hydrogens is 424 g/mol. The molecule has 0 bridgehead atoms. The van der Waals surface area contributed by atoms with Gasteiger partial charge in [0.25, 0.3) is 0 Å². The van der Waals surface area contributed by atoms with Gasteiger partial charge in [-0.2, -0.15) is 0 Å². The number of hydrogen-bond acceptors (Lipinski definition) is 3. The first kappa shape index (κ1) is 21.0. The highest BCUT2D eigenvalue weighted by Crippen LogP contribution is 2.14. The Hall–Kier alpha value is -1.09. The lowest BCUT2D eigenvalue weighted by Crippen LogP contribution is -2.47. The molecular formula is C17H27FIN3O2. The van der Waals surface area contributed by atoms with E-state index in [2.05, 4.69) is 15.2 Å². The number of rotatable bonds is 5. The van der Waals surface area contributed by atoms with Gasteiger partial charge in [-0.3, -0.25) is 0 Å². The van der Waals surface area contributed by atoms with Crippen LogP contribution in [0.3, 0.4) is 0 Å². The fraction of sp³-hybridized carbons (Fsp3) is 0.588. The first-order valence-corrected chi connectivity index (χ1v) is 8.22. The number of likely N-dealkylation sites (tertiary alicyclic amines) is 1. The van der Waals surface area contributed by atoms with E-state index in [1.165, 1.54) is 12.1 Å². The zero-order chi connectivity index (χ0) is 16.7. The molecule has 0 spiro atoms. The zero-order valence-electron chi connectivity index (χ0n) is 14.2. The summed E-state index contributed by atoms with van der Waals surface area (Å²) >= 11 is 0. The minimum atomic E-state index is -0.273. The van der Waals surface area contributed by atoms with Crippen LogP contribution >= 0.6 is 24.0 Å². The maximum absolute atomic E-state index is 12.9. The molecule has 1 saturated heterocycles. The summed E-state index contributed by atoms with van der Waals surface area (Å²) in [5.74, 6) is 1.22. The molecule has 24 heavy (non-hydrogen) atoms. The van der Waals surface area contributed by atoms with Crippen molar-refractivity contribution in [1.82, 2.24) is 10.2 Å². The number of hydrogen-bond donors (Lipinski definition) is 2. The molecule has 2 N–H and O–H groups in total. The van der Waals surface area contributed by atoms with Crippen LogP contribution < -0.4 is 10.1 Å². The van der Waals surface area contributed by atoms with E-state index in [-0.39, 0.29) is 42.0 Å². The van der Waals surface area contributed by atoms with Gasteiger partial charge in [-0.05, 0) is 51.0 Å². The maximum Gasteiger partial charge on any atom is 0.194 e. The average Bonchev–Trinajstić information content (AvgIpc) is 2.54. The predicted octanol–water partition coefficient (Wildman–Crippen LogP) is 2.63. The van der Waals surface area contributed by atoms with Crippen LogP contribution in [0.5, 0.6) is 5.75 Å². The molecule has 7 heteroatoms. The normalized spacial score (nSPS) is 17.2. The van der Waals surface area contributed by atoms with Crippen molar-refractivity contribution >= 4 is 29.9 Å². The minimum Gasteiger partial charge on any atom is -0.489 e. The number of aliphatic hydroxyl groups is 1. The van der Waals surface area contributed by atoms with Crippen molar-refractivity contribution in [2.24, 2.45) is 4.99 Å². The Balaban J connectivity index is 0.00000288. The summed E-state index contributed by atoms with van der Waals surface area (Å²) < 4.78 is 18.6. The van der Waals surface area contributed by atoms with Crippen LogP contribution in [0.15, 0.2) is 29.3 Å². The van der Waals surface area contributed by atoms with Crippen LogP contribution in [-0.4, -0.2) is 54.4 Å². The highest BCUT2D eigenvalue weighted by molar-refractivity contribution is 14.0. The molecule has 1 aromatic rings. The van der Waals surface area contributed by atoms with Crippen LogP contribution in [0.2, 0.25) is 0 Å². The van der Waals surface area contributed by atoms with Crippen molar-refractivity contribution in [1.29, 1.82) is 0 Å². The number of piperidine rings is 1. The zero-order valence-corrected chi connectivity index (χ0v) is 16.6. The molecule has 136 valence electrons. The van der Waals surface area contributed by atoms with Gasteiger partial charge in [-0.1, -0.05) is 0 Å². The van der Waals surface area contributed by atoms with Gasteiger partial charge in [0.15, 0.2) is 5.96 Å². The van der Waals surface area contributed by atoms with Gasteiger partial charge in [0.05, 0.1) is 12.6 Å². The number of aliphatic imine (C=N–C) groups is 1. The number of benzene rings is 1. The van der Waals surface area contributed by atoms with Gasteiger partial charge in [0.1, 0.15) is 17.7 Å². The second kappa shape index (κ2) is 10.7. The molecule has 0 aromatic heterocycles. The molecule has 0 amide bonds. The number of halogens is 2. The molecule has 1 aliphatic rings. The highest BCUT2D eigenvalue weighted by Gasteiger charge is 2.19. The molecule has 1 aromatic carbocycles. The first-order valence-electron chi connectivity index (χ1n) is 8.22. The number of nitrogens with one attached hydrogen (secondary N) is 1. The first-order chi connectivity index (χ1) is 11.1. The summed E-state index contributed by atoms with van der Waals surface area (Å²) in [4.78, 5) is 6.79. The standard InChI is InChI=1S/C17H26FN3O2.HI/c1-3-19-17(21-10-8-15(22)9-11-21)20-12-13(2)23-16-6-4-14(18)5-7-16;/h4-7,13,15,22H,3,8-12H2,1-2H3,(H,19,20);1H. The largest absolute Gasteiger partial charge is 0.489 e. The lowest BCUT2D eigenvalue weighted by atomic mass is 10.1. The fourth-order valence-corrected chi connectivity index (χ4v) is 2.50. The summed E-state index contributed by atoms with van der Waals surface area (Å²) in [5.41, 5.74) is 0. The Labute approximate surface area is 160 Å². The van der Waals surface area contributed by atoms with Crippen molar-refractivity contribution < 1.29 is 14.2 Å². The van der Waals surface area contributed by atoms with E-state index in [1.807, 2.05) is 13.8 Å². The van der Waals surface area contributed by atoms with E-state index in [1.54, 1.807) is 12.1 Å². The fourth-order valence-electron chi connectivity index (χ4n) is 2.50. The second-order valence-electron chi connectivity index (χ2n) is 5.80. The van der Waals surface area contributed by atoms with Crippen molar-refractivity contribution in [3.63, 3.8) is 0 Å². The van der Waals surface area contributed by atoms with Crippen molar-refractivity contribution in [3.05, 3.63) is 30.1 Å². The number of guanidine groups is 1. The number of ether oxygens (including phenoxy) is 1. The Morgan fingerprint density at radius 1 is 1.38 bits per heavy atom. The van der Waals surface area contributed by atoms with E-state index in [0.29, 0.717) is 12.3 Å². The number of aliphatic hydroxyl groups excluding tert-OH is 1. The quantitative estimate of drug-likeness (QED) is 0.411. The summed E-state index contributed by atoms with van der Waals surface area (Å²) in [5, 5.41) is 12.9. The van der Waals surface area contributed by atoms with Gasteiger partial charge in [0, 0.05) is 19.6 Å². The van der Waals surface area contributed by atoms with Gasteiger partial charge >= 0.3 is 0 Å². The number of nitrogens with zero attached hydrogens (tertiary/aromatic N) is 2. The van der Waals surface area contributed by atoms with Crippen LogP contribution in [0.4, 0.5) is 4.39 Å². The molecule has 1 unspecified atom stereocenters. The lowest BCUT2D eigenvalue weighted by Gasteiger charge is -2.32. The SMILES string of the molecule is CCNC(=NCC(C)Oc1ccc(F)cc1)N1CCC(O)CC1.I. The van der Waals surface area contributed by atoms with Crippen molar-refractivity contribution in [3.8, 4) is 5.75 Å². The van der Waals surface area contributed by atoms with E-state index in [4.69, 9.17) is 4.74 Å². The van der Waals surface area contributed by atoms with E-state index >= 15 is 0 Å². The summed E-state index contributed by atoms with van der Waals surface area (Å²) in [6.45, 7) is 6.90. The van der Waals surface area contributed by atoms with Crippen LogP contribution in [0, 0.1) is 5.82 Å². The summed E-state index contributed by atoms with van der Waals surface area (Å²) in [6.07, 6.45) is 1.23. The lowest BCUT2D eigenvalue weighted by molar-refractivity contribution is 0.107. The monoisotopic (exact) mass is 451 g/mol. The van der Waals surface area contributed by atoms with Crippen LogP contribution in [-0.2, 0) is 0 Å². The smallest absolute Gasteiger partial charge is 0.194 e. The van der Waals surface area contributed by atoms with Gasteiger partial charge in [-0.25, -0.2) is 9.38 Å². The highest BCUT2D eigenvalue weighted by atomic mass is 127. The molecule has 1 aliphatic heterocycles. The molecule has 5 nitrogen and oxygen atoms in total. The molecule has 1 atom stereocenters. The molecule has 1 heterocycles. The maximum atomic E-state index is 12.9. The topological polar surface area (TPSA) is 57.1 Å². The molecule has 0 aliphatic carbocycles. The van der Waals surface area contributed by atoms with Crippen LogP contribution in [0.25, 0.3) is 0 Å². The van der Waals surface area contributed by atoms with Gasteiger partial charge in [0.2, 0.25) is 0 Å². The summed E-state index contributed by atoms with van der Waals surface area (Å²) in [7, 11) is 0. The van der Waals surface area contributed by atoms with E-state index in [0.717, 1.165) is 38.4 Å². The Morgan fingerprint density at radius 3 is 2.58 bits per heavy atom. The molecule has 0 saturated carbocycles. The van der Waals surface area contributed by atoms with Crippen LogP contribution in [0.1, 0.15) is 26.7 Å². The van der Waals surface area contributed by atoms with Crippen molar-refractivity contribution in [2.45, 2.75) is 38.9 Å². The third-order valence-electron chi connectivity index (χ3n) is 3.75. The van der Waals surface area contributed by atoms with E-state index < -0.39 is 0 Å². The van der Waals surface area contributed by atoms with Gasteiger partial charge in [-0.15, -0.1) is 24.0 Å². The molecule has 2 rings (SSSR count). The van der Waals surface area contributed by atoms with Gasteiger partial charge < -0.3 is 20.1 Å². The minimum absolute atomic E-state index is 0. The Morgan fingerprint density at radius 2 is 2.00 bits per heavy atom. The third-order valence-corrected chi connectivity index (χ3v) is 3.75.